The van der Waals surface area contributed by atoms with Crippen molar-refractivity contribution in [2.45, 2.75) is 20.5 Å². The summed E-state index contributed by atoms with van der Waals surface area (Å²) in [7, 11) is 1.93. The topological polar surface area (TPSA) is 39.9 Å². The normalized spacial score (nSPS) is 11.1. The number of halogens is 1. The van der Waals surface area contributed by atoms with E-state index in [4.69, 9.17) is 9.72 Å². The van der Waals surface area contributed by atoms with Crippen LogP contribution in [0.5, 0.6) is 5.75 Å². The van der Waals surface area contributed by atoms with E-state index in [2.05, 4.69) is 52.2 Å². The second kappa shape index (κ2) is 7.16. The molecule has 0 aliphatic carbocycles. The van der Waals surface area contributed by atoms with E-state index in [9.17, 15) is 0 Å². The molecule has 4 rings (SSSR count). The Morgan fingerprint density at radius 1 is 1.04 bits per heavy atom. The predicted octanol–water partition coefficient (Wildman–Crippen LogP) is 5.59. The number of pyridine rings is 1. The Balaban J connectivity index is 1.55. The molecule has 0 bridgehead atoms. The van der Waals surface area contributed by atoms with Crippen LogP contribution in [0.25, 0.3) is 22.2 Å². The van der Waals surface area contributed by atoms with Crippen LogP contribution in [0.4, 0.5) is 0 Å². The molecule has 0 unspecified atom stereocenters. The Kier molecular flexibility index (Phi) is 4.70. The minimum absolute atomic E-state index is 0.425. The number of rotatable bonds is 4. The van der Waals surface area contributed by atoms with Crippen molar-refractivity contribution in [1.29, 1.82) is 0 Å². The minimum atomic E-state index is 0.425. The zero-order valence-corrected chi connectivity index (χ0v) is 17.1. The Morgan fingerprint density at radius 3 is 2.48 bits per heavy atom. The first-order chi connectivity index (χ1) is 13.0. The number of aromatic nitrogens is 3. The molecule has 0 atom stereocenters. The van der Waals surface area contributed by atoms with Crippen LogP contribution >= 0.6 is 15.9 Å². The molecule has 0 saturated carbocycles. The molecule has 4 aromatic rings. The van der Waals surface area contributed by atoms with Crippen LogP contribution in [-0.2, 0) is 13.7 Å². The van der Waals surface area contributed by atoms with Gasteiger partial charge >= 0.3 is 0 Å². The van der Waals surface area contributed by atoms with Gasteiger partial charge in [0.2, 0.25) is 0 Å². The number of nitrogens with zero attached hydrogens (tertiary/aromatic N) is 3. The molecule has 4 nitrogen and oxygen atoms in total. The Morgan fingerprint density at radius 2 is 1.78 bits per heavy atom. The van der Waals surface area contributed by atoms with Gasteiger partial charge in [-0.3, -0.25) is 4.68 Å². The van der Waals surface area contributed by atoms with Gasteiger partial charge in [0.25, 0.3) is 0 Å². The molecule has 2 aromatic heterocycles. The Hall–Kier alpha value is -2.66. The lowest BCUT2D eigenvalue weighted by atomic mass is 10.0. The highest BCUT2D eigenvalue weighted by Crippen LogP contribution is 2.27. The molecule has 0 amide bonds. The minimum Gasteiger partial charge on any atom is -0.487 e. The van der Waals surface area contributed by atoms with Gasteiger partial charge in [-0.05, 0) is 71.7 Å². The summed E-state index contributed by atoms with van der Waals surface area (Å²) in [5, 5.41) is 5.63. The number of aryl methyl sites for hydroxylation is 2. The van der Waals surface area contributed by atoms with Gasteiger partial charge in [0.15, 0.2) is 0 Å². The Bertz CT molecular complexity index is 1120. The summed E-state index contributed by atoms with van der Waals surface area (Å²) in [4.78, 5) is 4.83. The summed E-state index contributed by atoms with van der Waals surface area (Å²) in [6.07, 6.45) is 0. The van der Waals surface area contributed by atoms with Gasteiger partial charge in [0.1, 0.15) is 18.1 Å². The van der Waals surface area contributed by atoms with Crippen molar-refractivity contribution in [2.75, 3.05) is 0 Å². The van der Waals surface area contributed by atoms with Crippen LogP contribution in [0.15, 0.2) is 59.1 Å². The molecular weight excluding hydrogens is 402 g/mol. The van der Waals surface area contributed by atoms with Crippen LogP contribution in [0.2, 0.25) is 0 Å². The Labute approximate surface area is 166 Å². The smallest absolute Gasteiger partial charge is 0.133 e. The third-order valence-corrected chi connectivity index (χ3v) is 5.78. The average Bonchev–Trinajstić information content (AvgIpc) is 2.93. The van der Waals surface area contributed by atoms with Crippen LogP contribution < -0.4 is 4.74 Å². The molecule has 0 N–H and O–H groups in total. The van der Waals surface area contributed by atoms with E-state index in [1.54, 1.807) is 0 Å². The zero-order chi connectivity index (χ0) is 19.0. The van der Waals surface area contributed by atoms with Gasteiger partial charge < -0.3 is 4.74 Å². The SMILES string of the molecule is Cc1cc2ccccc2nc1-c1ccc(OCc2nn(C)c(C)c2Br)cc1. The zero-order valence-electron chi connectivity index (χ0n) is 15.5. The molecule has 0 fully saturated rings. The molecule has 0 spiro atoms. The first-order valence-corrected chi connectivity index (χ1v) is 9.60. The van der Waals surface area contributed by atoms with Crippen LogP contribution in [0.3, 0.4) is 0 Å². The first kappa shape index (κ1) is 17.7. The fourth-order valence-electron chi connectivity index (χ4n) is 3.12. The van der Waals surface area contributed by atoms with Crippen molar-refractivity contribution >= 4 is 26.8 Å². The van der Waals surface area contributed by atoms with Crippen molar-refractivity contribution in [1.82, 2.24) is 14.8 Å². The van der Waals surface area contributed by atoms with E-state index in [1.165, 1.54) is 0 Å². The van der Waals surface area contributed by atoms with Crippen molar-refractivity contribution in [3.8, 4) is 17.0 Å². The third kappa shape index (κ3) is 3.47. The maximum Gasteiger partial charge on any atom is 0.133 e. The second-order valence-electron chi connectivity index (χ2n) is 6.63. The van der Waals surface area contributed by atoms with E-state index >= 15 is 0 Å². The third-order valence-electron chi connectivity index (χ3n) is 4.74. The number of hydrogen-bond donors (Lipinski definition) is 0. The average molecular weight is 422 g/mol. The standard InChI is InChI=1S/C22H20BrN3O/c1-14-12-17-6-4-5-7-19(17)24-22(14)16-8-10-18(11-9-16)27-13-20-21(23)15(2)26(3)25-20/h4-12H,13H2,1-3H3. The van der Waals surface area contributed by atoms with Gasteiger partial charge in [0, 0.05) is 23.7 Å². The molecule has 27 heavy (non-hydrogen) atoms. The van der Waals surface area contributed by atoms with Crippen molar-refractivity contribution < 1.29 is 4.74 Å². The van der Waals surface area contributed by atoms with E-state index < -0.39 is 0 Å². The number of ether oxygens (including phenoxy) is 1. The summed E-state index contributed by atoms with van der Waals surface area (Å²) in [5.41, 5.74) is 6.24. The number of hydrogen-bond acceptors (Lipinski definition) is 3. The second-order valence-corrected chi connectivity index (χ2v) is 7.42. The molecule has 0 aliphatic rings. The molecule has 2 aromatic carbocycles. The molecule has 5 heteroatoms. The molecule has 0 aliphatic heterocycles. The van der Waals surface area contributed by atoms with Gasteiger partial charge in [-0.25, -0.2) is 4.98 Å². The largest absolute Gasteiger partial charge is 0.487 e. The van der Waals surface area contributed by atoms with Crippen molar-refractivity contribution in [3.05, 3.63) is 76.0 Å². The highest BCUT2D eigenvalue weighted by atomic mass is 79.9. The quantitative estimate of drug-likeness (QED) is 0.430. The summed E-state index contributed by atoms with van der Waals surface area (Å²) >= 11 is 3.57. The lowest BCUT2D eigenvalue weighted by molar-refractivity contribution is 0.299. The van der Waals surface area contributed by atoms with E-state index in [0.717, 1.165) is 49.3 Å². The van der Waals surface area contributed by atoms with Crippen molar-refractivity contribution in [2.24, 2.45) is 7.05 Å². The summed E-state index contributed by atoms with van der Waals surface area (Å²) in [5.74, 6) is 0.812. The highest BCUT2D eigenvalue weighted by molar-refractivity contribution is 9.10. The van der Waals surface area contributed by atoms with E-state index in [0.29, 0.717) is 6.61 Å². The summed E-state index contributed by atoms with van der Waals surface area (Å²) < 4.78 is 8.75. The first-order valence-electron chi connectivity index (χ1n) is 8.80. The fraction of sp³-hybridized carbons (Fsp3) is 0.182. The monoisotopic (exact) mass is 421 g/mol. The van der Waals surface area contributed by atoms with E-state index in [-0.39, 0.29) is 0 Å². The molecule has 0 saturated heterocycles. The van der Waals surface area contributed by atoms with Gasteiger partial charge in [-0.15, -0.1) is 0 Å². The summed E-state index contributed by atoms with van der Waals surface area (Å²) in [6, 6.07) is 18.4. The maximum absolute atomic E-state index is 5.91. The van der Waals surface area contributed by atoms with Gasteiger partial charge in [-0.2, -0.15) is 5.10 Å². The van der Waals surface area contributed by atoms with Crippen LogP contribution in [-0.4, -0.2) is 14.8 Å². The number of benzene rings is 2. The van der Waals surface area contributed by atoms with Crippen molar-refractivity contribution in [3.63, 3.8) is 0 Å². The number of fused-ring (bicyclic) bond motifs is 1. The van der Waals surface area contributed by atoms with Gasteiger partial charge in [0.05, 0.1) is 15.7 Å². The highest BCUT2D eigenvalue weighted by Gasteiger charge is 2.11. The lowest BCUT2D eigenvalue weighted by Crippen LogP contribution is -1.98. The van der Waals surface area contributed by atoms with Gasteiger partial charge in [-0.1, -0.05) is 18.2 Å². The predicted molar refractivity (Wildman–Crippen MR) is 112 cm³/mol. The number of para-hydroxylation sites is 1. The van der Waals surface area contributed by atoms with E-state index in [1.807, 2.05) is 49.0 Å². The maximum atomic E-state index is 5.91. The molecule has 0 radical (unpaired) electrons. The molecule has 2 heterocycles. The van der Waals surface area contributed by atoms with Crippen LogP contribution in [0, 0.1) is 13.8 Å². The lowest BCUT2D eigenvalue weighted by Gasteiger charge is -2.09. The molecule has 136 valence electrons. The fourth-order valence-corrected chi connectivity index (χ4v) is 3.57. The molecular formula is C22H20BrN3O. The summed E-state index contributed by atoms with van der Waals surface area (Å²) in [6.45, 7) is 4.54. The van der Waals surface area contributed by atoms with Crippen LogP contribution in [0.1, 0.15) is 17.0 Å².